The van der Waals surface area contributed by atoms with Crippen LogP contribution in [0.15, 0.2) is 83.9 Å². The fourth-order valence-electron chi connectivity index (χ4n) is 2.63. The molecule has 0 aliphatic rings. The number of carbonyl (C=O) groups is 1. The lowest BCUT2D eigenvalue weighted by molar-refractivity contribution is -0.116. The number of hydrogen-bond donors (Lipinski definition) is 0. The van der Waals surface area contributed by atoms with Gasteiger partial charge in [-0.25, -0.2) is 4.98 Å². The quantitative estimate of drug-likeness (QED) is 0.433. The predicted molar refractivity (Wildman–Crippen MR) is 112 cm³/mol. The molecule has 4 rings (SSSR count). The molecule has 0 unspecified atom stereocenters. The van der Waals surface area contributed by atoms with Gasteiger partial charge in [0.2, 0.25) is 5.91 Å². The van der Waals surface area contributed by atoms with Gasteiger partial charge in [0.25, 0.3) is 0 Å². The van der Waals surface area contributed by atoms with E-state index in [0.29, 0.717) is 17.4 Å². The van der Waals surface area contributed by atoms with Crippen molar-refractivity contribution in [1.29, 1.82) is 0 Å². The van der Waals surface area contributed by atoms with Crippen molar-refractivity contribution < 1.29 is 4.79 Å². The average molecular weight is 392 g/mol. The predicted octanol–water partition coefficient (Wildman–Crippen LogP) is 5.02. The highest BCUT2D eigenvalue weighted by Crippen LogP contribution is 2.30. The van der Waals surface area contributed by atoms with Crippen LogP contribution in [0.5, 0.6) is 0 Å². The third-order valence-corrected chi connectivity index (χ3v) is 6.02. The topological polar surface area (TPSA) is 46.1 Å². The zero-order valence-corrected chi connectivity index (χ0v) is 16.1. The molecule has 0 aliphatic heterocycles. The lowest BCUT2D eigenvalue weighted by Crippen LogP contribution is -2.32. The Morgan fingerprint density at radius 3 is 2.52 bits per heavy atom. The summed E-state index contributed by atoms with van der Waals surface area (Å²) in [6, 6.07) is 23.6. The molecule has 0 aliphatic carbocycles. The van der Waals surface area contributed by atoms with Gasteiger partial charge in [0.05, 0.1) is 28.2 Å². The Labute approximate surface area is 165 Å². The first kappa shape index (κ1) is 17.7. The van der Waals surface area contributed by atoms with E-state index in [2.05, 4.69) is 9.97 Å². The van der Waals surface area contributed by atoms with Crippen LogP contribution in [0, 0.1) is 0 Å². The maximum Gasteiger partial charge on any atom is 0.239 e. The molecular formula is C21H17N3OS2. The summed E-state index contributed by atoms with van der Waals surface area (Å²) in [6.07, 6.45) is 1.75. The van der Waals surface area contributed by atoms with Crippen molar-refractivity contribution in [1.82, 2.24) is 9.97 Å². The molecule has 6 heteroatoms. The first-order chi connectivity index (χ1) is 13.3. The second-order valence-corrected chi connectivity index (χ2v) is 7.92. The fourth-order valence-corrected chi connectivity index (χ4v) is 4.41. The number of amides is 1. The summed E-state index contributed by atoms with van der Waals surface area (Å²) in [5.41, 5.74) is 1.75. The number of fused-ring (bicyclic) bond motifs is 1. The fraction of sp³-hybridized carbons (Fsp3) is 0.0952. The highest BCUT2D eigenvalue weighted by Gasteiger charge is 2.20. The number of nitrogens with zero attached hydrogens (tertiary/aromatic N) is 3. The van der Waals surface area contributed by atoms with E-state index in [1.807, 2.05) is 72.8 Å². The van der Waals surface area contributed by atoms with Gasteiger partial charge in [-0.3, -0.25) is 14.7 Å². The number of anilines is 1. The Bertz CT molecular complexity index is 1000. The molecule has 2 aromatic heterocycles. The minimum atomic E-state index is 0.0218. The Hall–Kier alpha value is -2.70. The van der Waals surface area contributed by atoms with Gasteiger partial charge in [0.1, 0.15) is 0 Å². The van der Waals surface area contributed by atoms with Crippen LogP contribution in [0.25, 0.3) is 10.2 Å². The van der Waals surface area contributed by atoms with E-state index in [-0.39, 0.29) is 5.91 Å². The second kappa shape index (κ2) is 8.33. The zero-order chi connectivity index (χ0) is 18.5. The minimum Gasteiger partial charge on any atom is -0.281 e. The van der Waals surface area contributed by atoms with Gasteiger partial charge < -0.3 is 0 Å². The van der Waals surface area contributed by atoms with Crippen molar-refractivity contribution in [2.24, 2.45) is 0 Å². The Morgan fingerprint density at radius 1 is 0.963 bits per heavy atom. The molecule has 1 amide bonds. The van der Waals surface area contributed by atoms with E-state index < -0.39 is 0 Å². The molecule has 4 nitrogen and oxygen atoms in total. The van der Waals surface area contributed by atoms with Crippen LogP contribution in [0.1, 0.15) is 5.69 Å². The normalized spacial score (nSPS) is 10.8. The lowest BCUT2D eigenvalue weighted by Gasteiger charge is -2.19. The highest BCUT2D eigenvalue weighted by molar-refractivity contribution is 8.00. The lowest BCUT2D eigenvalue weighted by atomic mass is 10.3. The van der Waals surface area contributed by atoms with Crippen LogP contribution in [0.2, 0.25) is 0 Å². The monoisotopic (exact) mass is 391 g/mol. The van der Waals surface area contributed by atoms with Crippen molar-refractivity contribution in [3.05, 3.63) is 84.7 Å². The molecule has 0 radical (unpaired) electrons. The van der Waals surface area contributed by atoms with E-state index in [1.54, 1.807) is 11.1 Å². The van der Waals surface area contributed by atoms with E-state index in [1.165, 1.54) is 23.1 Å². The van der Waals surface area contributed by atoms with Gasteiger partial charge in [-0.2, -0.15) is 0 Å². The molecule has 0 fully saturated rings. The summed E-state index contributed by atoms with van der Waals surface area (Å²) < 4.78 is 1.07. The van der Waals surface area contributed by atoms with Gasteiger partial charge in [0.15, 0.2) is 5.13 Å². The van der Waals surface area contributed by atoms with E-state index in [9.17, 15) is 4.79 Å². The number of rotatable bonds is 6. The first-order valence-corrected chi connectivity index (χ1v) is 10.3. The Balaban J connectivity index is 1.59. The minimum absolute atomic E-state index is 0.0218. The number of thioether (sulfide) groups is 1. The third kappa shape index (κ3) is 4.35. The zero-order valence-electron chi connectivity index (χ0n) is 14.5. The summed E-state index contributed by atoms with van der Waals surface area (Å²) in [4.78, 5) is 24.9. The van der Waals surface area contributed by atoms with E-state index in [4.69, 9.17) is 0 Å². The number of para-hydroxylation sites is 1. The average Bonchev–Trinajstić information content (AvgIpc) is 3.15. The molecule has 0 spiro atoms. The van der Waals surface area contributed by atoms with Crippen molar-refractivity contribution in [3.8, 4) is 0 Å². The molecule has 134 valence electrons. The first-order valence-electron chi connectivity index (χ1n) is 8.53. The molecule has 0 atom stereocenters. The van der Waals surface area contributed by atoms with Crippen LogP contribution >= 0.6 is 23.1 Å². The SMILES string of the molecule is O=C(CSc1ccccc1)N(Cc1ccccn1)c1nc2ccccc2s1. The van der Waals surface area contributed by atoms with Gasteiger partial charge in [0, 0.05) is 11.1 Å². The Morgan fingerprint density at radius 2 is 1.74 bits per heavy atom. The molecule has 0 N–H and O–H groups in total. The van der Waals surface area contributed by atoms with Crippen LogP contribution < -0.4 is 4.90 Å². The molecule has 0 bridgehead atoms. The summed E-state index contributed by atoms with van der Waals surface area (Å²) in [6.45, 7) is 0.412. The molecule has 2 aromatic carbocycles. The van der Waals surface area contributed by atoms with Crippen LogP contribution in [-0.2, 0) is 11.3 Å². The summed E-state index contributed by atoms with van der Waals surface area (Å²) in [5, 5.41) is 0.709. The second-order valence-electron chi connectivity index (χ2n) is 5.87. The van der Waals surface area contributed by atoms with Crippen LogP contribution in [-0.4, -0.2) is 21.6 Å². The number of pyridine rings is 1. The molecule has 4 aromatic rings. The largest absolute Gasteiger partial charge is 0.281 e. The van der Waals surface area contributed by atoms with Crippen molar-refractivity contribution in [3.63, 3.8) is 0 Å². The third-order valence-electron chi connectivity index (χ3n) is 3.97. The summed E-state index contributed by atoms with van der Waals surface area (Å²) >= 11 is 3.07. The van der Waals surface area contributed by atoms with Crippen LogP contribution in [0.3, 0.4) is 0 Å². The Kier molecular flexibility index (Phi) is 5.46. The van der Waals surface area contributed by atoms with Crippen molar-refractivity contribution in [2.45, 2.75) is 11.4 Å². The number of benzene rings is 2. The molecule has 0 saturated heterocycles. The van der Waals surface area contributed by atoms with E-state index >= 15 is 0 Å². The van der Waals surface area contributed by atoms with Crippen LogP contribution in [0.4, 0.5) is 5.13 Å². The smallest absolute Gasteiger partial charge is 0.239 e. The molecule has 27 heavy (non-hydrogen) atoms. The van der Waals surface area contributed by atoms with Gasteiger partial charge in [-0.05, 0) is 36.4 Å². The number of aromatic nitrogens is 2. The number of hydrogen-bond acceptors (Lipinski definition) is 5. The standard InChI is InChI=1S/C21H17N3OS2/c25-20(15-26-17-9-2-1-3-10-17)24(14-16-8-6-7-13-22-16)21-23-18-11-4-5-12-19(18)27-21/h1-13H,14-15H2. The summed E-state index contributed by atoms with van der Waals surface area (Å²) in [5.74, 6) is 0.376. The number of thiazole rings is 1. The maximum absolute atomic E-state index is 13.0. The molecular weight excluding hydrogens is 374 g/mol. The number of carbonyl (C=O) groups excluding carboxylic acids is 1. The highest BCUT2D eigenvalue weighted by atomic mass is 32.2. The van der Waals surface area contributed by atoms with Gasteiger partial charge >= 0.3 is 0 Å². The summed E-state index contributed by atoms with van der Waals surface area (Å²) in [7, 11) is 0. The van der Waals surface area contributed by atoms with E-state index in [0.717, 1.165) is 20.8 Å². The van der Waals surface area contributed by atoms with Crippen molar-refractivity contribution in [2.75, 3.05) is 10.7 Å². The maximum atomic E-state index is 13.0. The van der Waals surface area contributed by atoms with Gasteiger partial charge in [-0.1, -0.05) is 47.7 Å². The molecule has 2 heterocycles. The van der Waals surface area contributed by atoms with Gasteiger partial charge in [-0.15, -0.1) is 11.8 Å². The van der Waals surface area contributed by atoms with Crippen molar-refractivity contribution >= 4 is 44.4 Å². The molecule has 0 saturated carbocycles.